The number of nitrogens with zero attached hydrogens (tertiary/aromatic N) is 1. The lowest BCUT2D eigenvalue weighted by molar-refractivity contribution is 0.890. The molecule has 2 aromatic rings. The van der Waals surface area contributed by atoms with E-state index in [1.165, 1.54) is 4.88 Å². The number of nitrogens with one attached hydrogen (secondary N) is 1. The first-order valence-electron chi connectivity index (χ1n) is 5.61. The Kier molecular flexibility index (Phi) is 4.15. The summed E-state index contributed by atoms with van der Waals surface area (Å²) < 4.78 is 0. The van der Waals surface area contributed by atoms with Crippen LogP contribution in [0.4, 0.5) is 5.69 Å². The molecule has 0 saturated carbocycles. The van der Waals surface area contributed by atoms with Gasteiger partial charge in [0.15, 0.2) is 0 Å². The molecule has 0 aliphatic carbocycles. The zero-order valence-corrected chi connectivity index (χ0v) is 12.7. The Hall–Kier alpha value is -0.770. The van der Waals surface area contributed by atoms with Gasteiger partial charge in [0.2, 0.25) is 0 Å². The predicted molar refractivity (Wildman–Crippen MR) is 80.1 cm³/mol. The third-order valence-corrected chi connectivity index (χ3v) is 4.63. The van der Waals surface area contributed by atoms with Crippen molar-refractivity contribution in [2.75, 3.05) is 5.32 Å². The van der Waals surface area contributed by atoms with E-state index >= 15 is 0 Å². The highest BCUT2D eigenvalue weighted by molar-refractivity contribution is 7.09. The van der Waals surface area contributed by atoms with Crippen LogP contribution in [0.5, 0.6) is 0 Å². The van der Waals surface area contributed by atoms with Gasteiger partial charge in [0.05, 0.1) is 28.0 Å². The molecule has 1 aromatic carbocycles. The average Bonchev–Trinajstić information content (AvgIpc) is 2.72. The SMILES string of the molecule is Cc1cc(Cl)c(NC(C)c2scnc2C)cc1Cl. The molecule has 96 valence electrons. The number of benzene rings is 1. The summed E-state index contributed by atoms with van der Waals surface area (Å²) in [5.74, 6) is 0. The normalized spacial score (nSPS) is 12.5. The van der Waals surface area contributed by atoms with Crippen LogP contribution in [-0.2, 0) is 0 Å². The minimum atomic E-state index is 0.161. The molecule has 5 heteroatoms. The van der Waals surface area contributed by atoms with Crippen molar-refractivity contribution in [1.82, 2.24) is 4.98 Å². The number of rotatable bonds is 3. The summed E-state index contributed by atoms with van der Waals surface area (Å²) in [6, 6.07) is 3.90. The van der Waals surface area contributed by atoms with Crippen molar-refractivity contribution in [3.63, 3.8) is 0 Å². The second-order valence-corrected chi connectivity index (χ2v) is 5.95. The van der Waals surface area contributed by atoms with Crippen molar-refractivity contribution in [3.05, 3.63) is 43.8 Å². The maximum absolute atomic E-state index is 6.21. The molecule has 18 heavy (non-hydrogen) atoms. The molecule has 1 heterocycles. The van der Waals surface area contributed by atoms with Crippen LogP contribution in [0.2, 0.25) is 10.0 Å². The fraction of sp³-hybridized carbons (Fsp3) is 0.308. The van der Waals surface area contributed by atoms with Gasteiger partial charge in [-0.05, 0) is 38.5 Å². The van der Waals surface area contributed by atoms with Crippen LogP contribution >= 0.6 is 34.5 Å². The predicted octanol–water partition coefficient (Wildman–Crippen LogP) is 5.24. The van der Waals surface area contributed by atoms with E-state index in [4.69, 9.17) is 23.2 Å². The Morgan fingerprint density at radius 1 is 1.22 bits per heavy atom. The smallest absolute Gasteiger partial charge is 0.0798 e. The number of aryl methyl sites for hydroxylation is 2. The molecule has 0 amide bonds. The molecule has 0 bridgehead atoms. The van der Waals surface area contributed by atoms with Crippen LogP contribution in [-0.4, -0.2) is 4.98 Å². The summed E-state index contributed by atoms with van der Waals surface area (Å²) in [5, 5.41) is 4.78. The van der Waals surface area contributed by atoms with Gasteiger partial charge in [0.1, 0.15) is 0 Å². The molecule has 1 atom stereocenters. The van der Waals surface area contributed by atoms with Crippen LogP contribution in [0.25, 0.3) is 0 Å². The minimum absolute atomic E-state index is 0.161. The summed E-state index contributed by atoms with van der Waals surface area (Å²) in [7, 11) is 0. The zero-order valence-electron chi connectivity index (χ0n) is 10.4. The molecule has 1 unspecified atom stereocenters. The first kappa shape index (κ1) is 13.7. The van der Waals surface area contributed by atoms with E-state index in [1.54, 1.807) is 11.3 Å². The van der Waals surface area contributed by atoms with E-state index in [-0.39, 0.29) is 6.04 Å². The quantitative estimate of drug-likeness (QED) is 0.838. The van der Waals surface area contributed by atoms with Gasteiger partial charge in [-0.3, -0.25) is 0 Å². The van der Waals surface area contributed by atoms with E-state index in [0.29, 0.717) is 5.02 Å². The van der Waals surface area contributed by atoms with Crippen molar-refractivity contribution < 1.29 is 0 Å². The molecule has 0 aliphatic rings. The molecule has 0 saturated heterocycles. The van der Waals surface area contributed by atoms with Gasteiger partial charge in [-0.25, -0.2) is 4.98 Å². The van der Waals surface area contributed by atoms with E-state index in [0.717, 1.165) is 22.0 Å². The van der Waals surface area contributed by atoms with Crippen LogP contribution in [0, 0.1) is 13.8 Å². The summed E-state index contributed by atoms with van der Waals surface area (Å²) in [5.41, 5.74) is 4.74. The fourth-order valence-corrected chi connectivity index (χ4v) is 3.03. The molecule has 2 rings (SSSR count). The highest BCUT2D eigenvalue weighted by atomic mass is 35.5. The van der Waals surface area contributed by atoms with E-state index in [9.17, 15) is 0 Å². The second kappa shape index (κ2) is 5.47. The summed E-state index contributed by atoms with van der Waals surface area (Å²) in [4.78, 5) is 5.46. The largest absolute Gasteiger partial charge is 0.376 e. The van der Waals surface area contributed by atoms with Gasteiger partial charge in [0.25, 0.3) is 0 Å². The third kappa shape index (κ3) is 2.79. The minimum Gasteiger partial charge on any atom is -0.376 e. The molecular formula is C13H14Cl2N2S. The highest BCUT2D eigenvalue weighted by Gasteiger charge is 2.13. The summed E-state index contributed by atoms with van der Waals surface area (Å²) in [6.07, 6.45) is 0. The first-order chi connectivity index (χ1) is 8.49. The Bertz CT molecular complexity index is 566. The fourth-order valence-electron chi connectivity index (χ4n) is 1.78. The molecule has 2 nitrogen and oxygen atoms in total. The summed E-state index contributed by atoms with van der Waals surface area (Å²) >= 11 is 14.0. The van der Waals surface area contributed by atoms with Crippen molar-refractivity contribution in [3.8, 4) is 0 Å². The number of anilines is 1. The Labute approximate surface area is 121 Å². The maximum Gasteiger partial charge on any atom is 0.0798 e. The number of thiazole rings is 1. The molecule has 0 spiro atoms. The zero-order chi connectivity index (χ0) is 13.3. The van der Waals surface area contributed by atoms with Crippen LogP contribution in [0.3, 0.4) is 0 Å². The summed E-state index contributed by atoms with van der Waals surface area (Å²) in [6.45, 7) is 6.03. The number of hydrogen-bond acceptors (Lipinski definition) is 3. The van der Waals surface area contributed by atoms with Gasteiger partial charge in [-0.15, -0.1) is 11.3 Å². The van der Waals surface area contributed by atoms with Gasteiger partial charge >= 0.3 is 0 Å². The standard InChI is InChI=1S/C13H14Cl2N2S/c1-7-4-11(15)12(5-10(7)14)17-9(3)13-8(2)16-6-18-13/h4-6,9,17H,1-3H3. The van der Waals surface area contributed by atoms with E-state index < -0.39 is 0 Å². The maximum atomic E-state index is 6.21. The van der Waals surface area contributed by atoms with E-state index in [1.807, 2.05) is 31.5 Å². The van der Waals surface area contributed by atoms with Crippen molar-refractivity contribution >= 4 is 40.2 Å². The van der Waals surface area contributed by atoms with Crippen molar-refractivity contribution in [1.29, 1.82) is 0 Å². The molecular weight excluding hydrogens is 287 g/mol. The highest BCUT2D eigenvalue weighted by Crippen LogP contribution is 2.32. The molecule has 0 aliphatic heterocycles. The lowest BCUT2D eigenvalue weighted by Crippen LogP contribution is -2.07. The molecule has 1 N–H and O–H groups in total. The lowest BCUT2D eigenvalue weighted by Gasteiger charge is -2.16. The Morgan fingerprint density at radius 2 is 1.94 bits per heavy atom. The number of hydrogen-bond donors (Lipinski definition) is 1. The van der Waals surface area contributed by atoms with Crippen LogP contribution < -0.4 is 5.32 Å². The molecule has 0 radical (unpaired) electrons. The Balaban J connectivity index is 2.24. The van der Waals surface area contributed by atoms with Crippen LogP contribution in [0.15, 0.2) is 17.6 Å². The van der Waals surface area contributed by atoms with Gasteiger partial charge in [-0.1, -0.05) is 23.2 Å². The van der Waals surface area contributed by atoms with Crippen molar-refractivity contribution in [2.24, 2.45) is 0 Å². The second-order valence-electron chi connectivity index (χ2n) is 4.25. The first-order valence-corrected chi connectivity index (χ1v) is 7.24. The third-order valence-electron chi connectivity index (χ3n) is 2.80. The lowest BCUT2D eigenvalue weighted by atomic mass is 10.2. The molecule has 0 fully saturated rings. The van der Waals surface area contributed by atoms with Gasteiger partial charge in [0, 0.05) is 9.90 Å². The van der Waals surface area contributed by atoms with E-state index in [2.05, 4.69) is 17.2 Å². The van der Waals surface area contributed by atoms with Crippen LogP contribution in [0.1, 0.15) is 29.1 Å². The Morgan fingerprint density at radius 3 is 2.56 bits per heavy atom. The number of halogens is 2. The van der Waals surface area contributed by atoms with Gasteiger partial charge < -0.3 is 5.32 Å². The van der Waals surface area contributed by atoms with Crippen molar-refractivity contribution in [2.45, 2.75) is 26.8 Å². The monoisotopic (exact) mass is 300 g/mol. The van der Waals surface area contributed by atoms with Gasteiger partial charge in [-0.2, -0.15) is 0 Å². The topological polar surface area (TPSA) is 24.9 Å². The average molecular weight is 301 g/mol. The molecule has 1 aromatic heterocycles. The number of aromatic nitrogens is 1.